The quantitative estimate of drug-likeness (QED) is 0.636. The Hall–Kier alpha value is -3.15. The number of amides is 1. The summed E-state index contributed by atoms with van der Waals surface area (Å²) in [6, 6.07) is 15.1. The minimum Gasteiger partial charge on any atom is -0.489 e. The van der Waals surface area contributed by atoms with Crippen molar-refractivity contribution in [1.82, 2.24) is 14.7 Å². The van der Waals surface area contributed by atoms with Crippen LogP contribution in [0.2, 0.25) is 0 Å². The molecule has 1 amide bonds. The van der Waals surface area contributed by atoms with E-state index in [0.29, 0.717) is 24.5 Å². The second-order valence-corrected chi connectivity index (χ2v) is 6.24. The predicted molar refractivity (Wildman–Crippen MR) is 101 cm³/mol. The van der Waals surface area contributed by atoms with Gasteiger partial charge in [0, 0.05) is 25.4 Å². The van der Waals surface area contributed by atoms with E-state index in [0.717, 1.165) is 17.8 Å². The zero-order chi connectivity index (χ0) is 19.2. The molecule has 0 fully saturated rings. The molecule has 0 N–H and O–H groups in total. The summed E-state index contributed by atoms with van der Waals surface area (Å²) in [6.07, 6.45) is 1.74. The van der Waals surface area contributed by atoms with Crippen LogP contribution in [0.5, 0.6) is 5.75 Å². The third-order valence-electron chi connectivity index (χ3n) is 4.27. The SMILES string of the molecule is CCn1nccc1CN(C)C(=O)c1ccc(COc2ccc(F)cc2)cc1. The summed E-state index contributed by atoms with van der Waals surface area (Å²) in [7, 11) is 1.78. The van der Waals surface area contributed by atoms with Crippen molar-refractivity contribution in [3.8, 4) is 5.75 Å². The largest absolute Gasteiger partial charge is 0.489 e. The first-order valence-electron chi connectivity index (χ1n) is 8.80. The summed E-state index contributed by atoms with van der Waals surface area (Å²) < 4.78 is 20.4. The first-order chi connectivity index (χ1) is 13.1. The first kappa shape index (κ1) is 18.6. The Balaban J connectivity index is 1.58. The number of aryl methyl sites for hydroxylation is 1. The van der Waals surface area contributed by atoms with Gasteiger partial charge in [0.15, 0.2) is 0 Å². The Morgan fingerprint density at radius 2 is 1.81 bits per heavy atom. The number of halogens is 1. The van der Waals surface area contributed by atoms with Crippen LogP contribution >= 0.6 is 0 Å². The molecular weight excluding hydrogens is 345 g/mol. The van der Waals surface area contributed by atoms with Gasteiger partial charge in [-0.2, -0.15) is 5.10 Å². The van der Waals surface area contributed by atoms with Crippen LogP contribution in [-0.4, -0.2) is 27.6 Å². The predicted octanol–water partition coefficient (Wildman–Crippen LogP) is 3.89. The highest BCUT2D eigenvalue weighted by molar-refractivity contribution is 5.94. The third-order valence-corrected chi connectivity index (χ3v) is 4.27. The van der Waals surface area contributed by atoms with Crippen molar-refractivity contribution in [3.63, 3.8) is 0 Å². The lowest BCUT2D eigenvalue weighted by Crippen LogP contribution is -2.27. The molecule has 0 aliphatic rings. The number of carbonyl (C=O) groups is 1. The zero-order valence-corrected chi connectivity index (χ0v) is 15.4. The van der Waals surface area contributed by atoms with Gasteiger partial charge in [-0.3, -0.25) is 9.48 Å². The molecule has 1 aromatic heterocycles. The van der Waals surface area contributed by atoms with E-state index in [-0.39, 0.29) is 11.7 Å². The van der Waals surface area contributed by atoms with Crippen LogP contribution in [0.25, 0.3) is 0 Å². The maximum atomic E-state index is 12.9. The molecule has 5 nitrogen and oxygen atoms in total. The molecule has 27 heavy (non-hydrogen) atoms. The van der Waals surface area contributed by atoms with E-state index in [9.17, 15) is 9.18 Å². The van der Waals surface area contributed by atoms with Crippen molar-refractivity contribution < 1.29 is 13.9 Å². The van der Waals surface area contributed by atoms with Crippen LogP contribution in [0.15, 0.2) is 60.8 Å². The number of benzene rings is 2. The lowest BCUT2D eigenvalue weighted by Gasteiger charge is -2.18. The molecule has 0 radical (unpaired) electrons. The van der Waals surface area contributed by atoms with E-state index in [1.54, 1.807) is 42.4 Å². The molecule has 0 bridgehead atoms. The Morgan fingerprint density at radius 1 is 1.11 bits per heavy atom. The minimum atomic E-state index is -0.295. The average Bonchev–Trinajstić information content (AvgIpc) is 3.14. The van der Waals surface area contributed by atoms with Crippen LogP contribution in [0.1, 0.15) is 28.5 Å². The van der Waals surface area contributed by atoms with Crippen molar-refractivity contribution in [2.75, 3.05) is 7.05 Å². The van der Waals surface area contributed by atoms with Gasteiger partial charge in [0.2, 0.25) is 0 Å². The number of hydrogen-bond acceptors (Lipinski definition) is 3. The van der Waals surface area contributed by atoms with E-state index in [1.165, 1.54) is 12.1 Å². The fourth-order valence-corrected chi connectivity index (χ4v) is 2.76. The highest BCUT2D eigenvalue weighted by Gasteiger charge is 2.14. The van der Waals surface area contributed by atoms with Gasteiger partial charge in [-0.1, -0.05) is 12.1 Å². The average molecular weight is 367 g/mol. The van der Waals surface area contributed by atoms with Gasteiger partial charge in [-0.05, 0) is 55.0 Å². The van der Waals surface area contributed by atoms with Crippen LogP contribution in [0.4, 0.5) is 4.39 Å². The van der Waals surface area contributed by atoms with E-state index < -0.39 is 0 Å². The molecular formula is C21H22FN3O2. The molecule has 0 aliphatic heterocycles. The summed E-state index contributed by atoms with van der Waals surface area (Å²) >= 11 is 0. The second kappa shape index (κ2) is 8.49. The standard InChI is InChI=1S/C21H22FN3O2/c1-3-25-19(12-13-23-25)14-24(2)21(26)17-6-4-16(5-7-17)15-27-20-10-8-18(22)9-11-20/h4-13H,3,14-15H2,1-2H3. The fraction of sp³-hybridized carbons (Fsp3) is 0.238. The van der Waals surface area contributed by atoms with Crippen LogP contribution in [-0.2, 0) is 19.7 Å². The van der Waals surface area contributed by atoms with E-state index in [4.69, 9.17) is 4.74 Å². The minimum absolute atomic E-state index is 0.0511. The summed E-state index contributed by atoms with van der Waals surface area (Å²) in [5, 5.41) is 4.23. The highest BCUT2D eigenvalue weighted by Crippen LogP contribution is 2.15. The Labute approximate surface area is 158 Å². The van der Waals surface area contributed by atoms with Crippen molar-refractivity contribution in [2.24, 2.45) is 0 Å². The lowest BCUT2D eigenvalue weighted by molar-refractivity contribution is 0.0781. The lowest BCUT2D eigenvalue weighted by atomic mass is 10.1. The van der Waals surface area contributed by atoms with Gasteiger partial charge < -0.3 is 9.64 Å². The summed E-state index contributed by atoms with van der Waals surface area (Å²) in [6.45, 7) is 3.64. The number of hydrogen-bond donors (Lipinski definition) is 0. The first-order valence-corrected chi connectivity index (χ1v) is 8.80. The van der Waals surface area contributed by atoms with Gasteiger partial charge in [0.05, 0.1) is 12.2 Å². The van der Waals surface area contributed by atoms with Crippen molar-refractivity contribution in [3.05, 3.63) is 83.4 Å². The Kier molecular flexibility index (Phi) is 5.86. The molecule has 0 aliphatic carbocycles. The molecule has 0 spiro atoms. The van der Waals surface area contributed by atoms with Crippen LogP contribution < -0.4 is 4.74 Å². The van der Waals surface area contributed by atoms with Crippen molar-refractivity contribution >= 4 is 5.91 Å². The van der Waals surface area contributed by atoms with E-state index in [2.05, 4.69) is 5.10 Å². The van der Waals surface area contributed by atoms with E-state index in [1.807, 2.05) is 29.8 Å². The van der Waals surface area contributed by atoms with Crippen LogP contribution in [0, 0.1) is 5.82 Å². The fourth-order valence-electron chi connectivity index (χ4n) is 2.76. The summed E-state index contributed by atoms with van der Waals surface area (Å²) in [5.74, 6) is 0.255. The van der Waals surface area contributed by atoms with Crippen molar-refractivity contribution in [2.45, 2.75) is 26.6 Å². The molecule has 2 aromatic carbocycles. The normalized spacial score (nSPS) is 10.6. The zero-order valence-electron chi connectivity index (χ0n) is 15.4. The summed E-state index contributed by atoms with van der Waals surface area (Å²) in [5.41, 5.74) is 2.55. The molecule has 1 heterocycles. The molecule has 3 aromatic rings. The number of rotatable bonds is 7. The number of aromatic nitrogens is 2. The maximum absolute atomic E-state index is 12.9. The van der Waals surface area contributed by atoms with Gasteiger partial charge in [0.1, 0.15) is 18.2 Å². The molecule has 0 saturated heterocycles. The number of carbonyl (C=O) groups excluding carboxylic acids is 1. The second-order valence-electron chi connectivity index (χ2n) is 6.24. The molecule has 3 rings (SSSR count). The molecule has 0 unspecified atom stereocenters. The van der Waals surface area contributed by atoms with Crippen LogP contribution in [0.3, 0.4) is 0 Å². The maximum Gasteiger partial charge on any atom is 0.253 e. The Bertz CT molecular complexity index is 889. The highest BCUT2D eigenvalue weighted by atomic mass is 19.1. The van der Waals surface area contributed by atoms with E-state index >= 15 is 0 Å². The molecule has 0 atom stereocenters. The number of nitrogens with zero attached hydrogens (tertiary/aromatic N) is 3. The monoisotopic (exact) mass is 367 g/mol. The van der Waals surface area contributed by atoms with Crippen molar-refractivity contribution in [1.29, 1.82) is 0 Å². The Morgan fingerprint density at radius 3 is 2.48 bits per heavy atom. The van der Waals surface area contributed by atoms with Gasteiger partial charge in [0.25, 0.3) is 5.91 Å². The van der Waals surface area contributed by atoms with Gasteiger partial charge >= 0.3 is 0 Å². The topological polar surface area (TPSA) is 47.4 Å². The molecule has 0 saturated carbocycles. The smallest absolute Gasteiger partial charge is 0.253 e. The van der Waals surface area contributed by atoms with Gasteiger partial charge in [-0.25, -0.2) is 4.39 Å². The van der Waals surface area contributed by atoms with Gasteiger partial charge in [-0.15, -0.1) is 0 Å². The molecule has 6 heteroatoms. The summed E-state index contributed by atoms with van der Waals surface area (Å²) in [4.78, 5) is 14.3. The molecule has 140 valence electrons. The number of ether oxygens (including phenoxy) is 1. The third kappa shape index (κ3) is 4.73.